The quantitative estimate of drug-likeness (QED) is 0.516. The first kappa shape index (κ1) is 9.01. The Morgan fingerprint density at radius 3 is 2.75 bits per heavy atom. The third-order valence-corrected chi connectivity index (χ3v) is 1.88. The van der Waals surface area contributed by atoms with Crippen molar-refractivity contribution < 1.29 is 4.79 Å². The van der Waals surface area contributed by atoms with E-state index < -0.39 is 0 Å². The lowest BCUT2D eigenvalue weighted by molar-refractivity contribution is -0.104. The van der Waals surface area contributed by atoms with E-state index in [2.05, 4.69) is 0 Å². The van der Waals surface area contributed by atoms with Gasteiger partial charge in [-0.3, -0.25) is 4.79 Å². The molecule has 1 nitrogen and oxygen atoms in total. The van der Waals surface area contributed by atoms with Crippen LogP contribution in [0.2, 0.25) is 5.02 Å². The normalized spacial score (nSPS) is 10.4. The van der Waals surface area contributed by atoms with Crippen LogP contribution in [0.15, 0.2) is 36.4 Å². The average molecular weight is 181 g/mol. The Bertz CT molecular complexity index is 292. The minimum absolute atomic E-state index is 0.707. The highest BCUT2D eigenvalue weighted by atomic mass is 35.5. The molecule has 1 aromatic carbocycles. The Balaban J connectivity index is 2.69. The molecule has 0 unspecified atom stereocenters. The Kier molecular flexibility index (Phi) is 3.55. The van der Waals surface area contributed by atoms with E-state index in [9.17, 15) is 4.79 Å². The average Bonchev–Trinajstić information content (AvgIpc) is 2.09. The Labute approximate surface area is 76.7 Å². The van der Waals surface area contributed by atoms with Gasteiger partial charge in [0.2, 0.25) is 0 Å². The van der Waals surface area contributed by atoms with E-state index in [1.807, 2.05) is 24.3 Å². The fourth-order valence-electron chi connectivity index (χ4n) is 0.915. The number of carbonyl (C=O) groups excluding carboxylic acids is 1. The second kappa shape index (κ2) is 4.73. The Morgan fingerprint density at radius 1 is 1.33 bits per heavy atom. The molecule has 0 saturated carbocycles. The van der Waals surface area contributed by atoms with Gasteiger partial charge in [-0.2, -0.15) is 0 Å². The number of hydrogen-bond acceptors (Lipinski definition) is 1. The lowest BCUT2D eigenvalue weighted by Gasteiger charge is -1.97. The topological polar surface area (TPSA) is 17.1 Å². The molecule has 0 amide bonds. The summed E-state index contributed by atoms with van der Waals surface area (Å²) in [6.45, 7) is 0. The molecule has 0 heterocycles. The molecule has 62 valence electrons. The summed E-state index contributed by atoms with van der Waals surface area (Å²) in [7, 11) is 0. The van der Waals surface area contributed by atoms with Crippen LogP contribution >= 0.6 is 11.6 Å². The molecule has 1 rings (SSSR count). The lowest BCUT2D eigenvalue weighted by atomic mass is 10.1. The van der Waals surface area contributed by atoms with Crippen molar-refractivity contribution in [3.05, 3.63) is 47.0 Å². The molecule has 0 fully saturated rings. The van der Waals surface area contributed by atoms with Crippen LogP contribution in [0.25, 0.3) is 0 Å². The molecular formula is C10H9ClO. The van der Waals surface area contributed by atoms with Crippen LogP contribution in [0, 0.1) is 0 Å². The van der Waals surface area contributed by atoms with Crippen LogP contribution in [-0.2, 0) is 11.2 Å². The van der Waals surface area contributed by atoms with Gasteiger partial charge in [0.1, 0.15) is 6.29 Å². The number of allylic oxidation sites excluding steroid dienone is 2. The summed E-state index contributed by atoms with van der Waals surface area (Å²) in [5.41, 5.74) is 1.04. The zero-order valence-electron chi connectivity index (χ0n) is 6.53. The molecule has 0 aromatic heterocycles. The standard InChI is InChI=1S/C10H9ClO/c11-10-7-2-1-5-9(10)6-3-4-8-12/h1-5,7-8H,6H2. The maximum atomic E-state index is 9.96. The van der Waals surface area contributed by atoms with Gasteiger partial charge in [-0.05, 0) is 24.1 Å². The Morgan fingerprint density at radius 2 is 2.08 bits per heavy atom. The van der Waals surface area contributed by atoms with E-state index in [1.54, 1.807) is 6.08 Å². The van der Waals surface area contributed by atoms with Gasteiger partial charge in [-0.1, -0.05) is 35.9 Å². The van der Waals surface area contributed by atoms with E-state index in [-0.39, 0.29) is 0 Å². The number of rotatable bonds is 3. The fraction of sp³-hybridized carbons (Fsp3) is 0.100. The van der Waals surface area contributed by atoms with Gasteiger partial charge in [0, 0.05) is 5.02 Å². The van der Waals surface area contributed by atoms with Crippen molar-refractivity contribution in [2.24, 2.45) is 0 Å². The van der Waals surface area contributed by atoms with E-state index in [1.165, 1.54) is 6.08 Å². The molecule has 0 radical (unpaired) electrons. The van der Waals surface area contributed by atoms with Crippen molar-refractivity contribution in [3.63, 3.8) is 0 Å². The minimum Gasteiger partial charge on any atom is -0.299 e. The third kappa shape index (κ3) is 2.51. The summed E-state index contributed by atoms with van der Waals surface area (Å²) in [5.74, 6) is 0. The number of halogens is 1. The first-order valence-electron chi connectivity index (χ1n) is 3.68. The highest BCUT2D eigenvalue weighted by Gasteiger charge is 1.94. The second-order valence-electron chi connectivity index (χ2n) is 2.36. The summed E-state index contributed by atoms with van der Waals surface area (Å²) in [6.07, 6.45) is 4.73. The van der Waals surface area contributed by atoms with Crippen molar-refractivity contribution in [2.75, 3.05) is 0 Å². The highest BCUT2D eigenvalue weighted by Crippen LogP contribution is 2.15. The number of hydrogen-bond donors (Lipinski definition) is 0. The summed E-state index contributed by atoms with van der Waals surface area (Å²) in [6, 6.07) is 7.59. The van der Waals surface area contributed by atoms with Crippen LogP contribution in [-0.4, -0.2) is 6.29 Å². The monoisotopic (exact) mass is 180 g/mol. The number of benzene rings is 1. The van der Waals surface area contributed by atoms with Crippen LogP contribution in [0.3, 0.4) is 0 Å². The summed E-state index contributed by atoms with van der Waals surface area (Å²) in [5, 5.41) is 0.744. The van der Waals surface area contributed by atoms with Crippen molar-refractivity contribution in [1.82, 2.24) is 0 Å². The van der Waals surface area contributed by atoms with Gasteiger partial charge in [-0.15, -0.1) is 0 Å². The molecule has 0 bridgehead atoms. The maximum Gasteiger partial charge on any atom is 0.142 e. The van der Waals surface area contributed by atoms with E-state index in [4.69, 9.17) is 11.6 Å². The van der Waals surface area contributed by atoms with Crippen molar-refractivity contribution in [2.45, 2.75) is 6.42 Å². The predicted octanol–water partition coefficient (Wildman–Crippen LogP) is 2.64. The van der Waals surface area contributed by atoms with Crippen molar-refractivity contribution in [1.29, 1.82) is 0 Å². The number of aldehydes is 1. The van der Waals surface area contributed by atoms with Gasteiger partial charge < -0.3 is 0 Å². The fourth-order valence-corrected chi connectivity index (χ4v) is 1.13. The molecule has 0 saturated heterocycles. The molecule has 0 aliphatic carbocycles. The zero-order chi connectivity index (χ0) is 8.81. The number of carbonyl (C=O) groups is 1. The van der Waals surface area contributed by atoms with E-state index in [0.717, 1.165) is 16.9 Å². The van der Waals surface area contributed by atoms with E-state index >= 15 is 0 Å². The molecule has 1 aromatic rings. The molecule has 0 spiro atoms. The third-order valence-electron chi connectivity index (χ3n) is 1.51. The van der Waals surface area contributed by atoms with Gasteiger partial charge in [0.05, 0.1) is 0 Å². The minimum atomic E-state index is 0.707. The maximum absolute atomic E-state index is 9.96. The van der Waals surface area contributed by atoms with Crippen molar-refractivity contribution in [3.8, 4) is 0 Å². The molecule has 2 heteroatoms. The molecule has 0 N–H and O–H groups in total. The van der Waals surface area contributed by atoms with Crippen LogP contribution in [0.1, 0.15) is 5.56 Å². The second-order valence-corrected chi connectivity index (χ2v) is 2.77. The van der Waals surface area contributed by atoms with Gasteiger partial charge >= 0.3 is 0 Å². The summed E-state index contributed by atoms with van der Waals surface area (Å²) >= 11 is 5.88. The zero-order valence-corrected chi connectivity index (χ0v) is 7.29. The molecule has 12 heavy (non-hydrogen) atoms. The van der Waals surface area contributed by atoms with Gasteiger partial charge in [0.25, 0.3) is 0 Å². The summed E-state index contributed by atoms with van der Waals surface area (Å²) in [4.78, 5) is 9.96. The van der Waals surface area contributed by atoms with Crippen LogP contribution in [0.5, 0.6) is 0 Å². The van der Waals surface area contributed by atoms with Crippen LogP contribution in [0.4, 0.5) is 0 Å². The predicted molar refractivity (Wildman–Crippen MR) is 50.4 cm³/mol. The molecule has 0 atom stereocenters. The SMILES string of the molecule is O=CC=CCc1ccccc1Cl. The van der Waals surface area contributed by atoms with Crippen molar-refractivity contribution >= 4 is 17.9 Å². The molecule has 0 aliphatic rings. The van der Waals surface area contributed by atoms with Gasteiger partial charge in [-0.25, -0.2) is 0 Å². The largest absolute Gasteiger partial charge is 0.299 e. The van der Waals surface area contributed by atoms with Crippen LogP contribution < -0.4 is 0 Å². The lowest BCUT2D eigenvalue weighted by Crippen LogP contribution is -1.81. The van der Waals surface area contributed by atoms with Gasteiger partial charge in [0.15, 0.2) is 0 Å². The van der Waals surface area contributed by atoms with E-state index in [0.29, 0.717) is 6.42 Å². The Hall–Kier alpha value is -1.08. The first-order chi connectivity index (χ1) is 5.84. The highest BCUT2D eigenvalue weighted by molar-refractivity contribution is 6.31. The summed E-state index contributed by atoms with van der Waals surface area (Å²) < 4.78 is 0. The molecule has 0 aliphatic heterocycles. The molecular weight excluding hydrogens is 172 g/mol. The smallest absolute Gasteiger partial charge is 0.142 e. The first-order valence-corrected chi connectivity index (χ1v) is 4.06.